The number of hydrogen-bond donors (Lipinski definition) is 1. The van der Waals surface area contributed by atoms with Crippen LogP contribution in [0.4, 0.5) is 0 Å². The van der Waals surface area contributed by atoms with Crippen LogP contribution in [-0.2, 0) is 6.42 Å². The zero-order valence-corrected chi connectivity index (χ0v) is 8.06. The molecule has 0 saturated heterocycles. The molecule has 2 heteroatoms. The molecule has 14 heavy (non-hydrogen) atoms. The maximum atomic E-state index is 4.10. The van der Waals surface area contributed by atoms with Gasteiger partial charge in [0.05, 0.1) is 6.04 Å². The highest BCUT2D eigenvalue weighted by molar-refractivity contribution is 5.66. The summed E-state index contributed by atoms with van der Waals surface area (Å²) >= 11 is 0. The van der Waals surface area contributed by atoms with E-state index in [1.807, 2.05) is 18.5 Å². The molecule has 0 saturated carbocycles. The van der Waals surface area contributed by atoms with Gasteiger partial charge in [-0.2, -0.15) is 0 Å². The van der Waals surface area contributed by atoms with Crippen LogP contribution in [-0.4, -0.2) is 12.3 Å². The summed E-state index contributed by atoms with van der Waals surface area (Å²) in [7, 11) is 0. The van der Waals surface area contributed by atoms with Gasteiger partial charge in [0.15, 0.2) is 0 Å². The van der Waals surface area contributed by atoms with E-state index < -0.39 is 0 Å². The van der Waals surface area contributed by atoms with E-state index in [2.05, 4.69) is 34.6 Å². The van der Waals surface area contributed by atoms with E-state index in [0.29, 0.717) is 6.04 Å². The van der Waals surface area contributed by atoms with Crippen LogP contribution < -0.4 is 5.32 Å². The average molecular weight is 186 g/mol. The SMILES string of the molecule is C1=CNC(CCc2ccccc2)C=N1. The van der Waals surface area contributed by atoms with Crippen molar-refractivity contribution >= 4 is 6.21 Å². The number of nitrogens with one attached hydrogen (secondary N) is 1. The predicted molar refractivity (Wildman–Crippen MR) is 59.3 cm³/mol. The molecule has 0 amide bonds. The van der Waals surface area contributed by atoms with E-state index in [4.69, 9.17) is 0 Å². The molecule has 72 valence electrons. The second-order valence-electron chi connectivity index (χ2n) is 3.41. The molecule has 0 spiro atoms. The third-order valence-electron chi connectivity index (χ3n) is 2.32. The fourth-order valence-electron chi connectivity index (χ4n) is 1.53. The van der Waals surface area contributed by atoms with Crippen LogP contribution in [0.3, 0.4) is 0 Å². The minimum Gasteiger partial charge on any atom is -0.382 e. The smallest absolute Gasteiger partial charge is 0.0614 e. The van der Waals surface area contributed by atoms with E-state index in [-0.39, 0.29) is 0 Å². The van der Waals surface area contributed by atoms with Gasteiger partial charge in [0.25, 0.3) is 0 Å². The van der Waals surface area contributed by atoms with Crippen molar-refractivity contribution in [1.82, 2.24) is 5.32 Å². The second-order valence-corrected chi connectivity index (χ2v) is 3.41. The van der Waals surface area contributed by atoms with E-state index in [1.165, 1.54) is 5.56 Å². The summed E-state index contributed by atoms with van der Waals surface area (Å²) in [5, 5.41) is 3.26. The first-order chi connectivity index (χ1) is 6.95. The van der Waals surface area contributed by atoms with Crippen molar-refractivity contribution in [2.45, 2.75) is 18.9 Å². The topological polar surface area (TPSA) is 24.4 Å². The Labute approximate surface area is 84.4 Å². The number of aryl methyl sites for hydroxylation is 1. The molecule has 1 aliphatic rings. The standard InChI is InChI=1S/C12H14N2/c1-2-4-11(5-3-1)6-7-12-10-13-8-9-14-12/h1-5,8-10,12,14H,6-7H2. The second kappa shape index (κ2) is 4.61. The molecule has 0 aliphatic carbocycles. The zero-order chi connectivity index (χ0) is 9.64. The van der Waals surface area contributed by atoms with Crippen LogP contribution in [0.2, 0.25) is 0 Å². The van der Waals surface area contributed by atoms with Gasteiger partial charge in [-0.1, -0.05) is 30.3 Å². The Kier molecular flexibility index (Phi) is 2.96. The maximum absolute atomic E-state index is 4.10. The molecule has 1 heterocycles. The van der Waals surface area contributed by atoms with Crippen LogP contribution in [0.1, 0.15) is 12.0 Å². The Bertz CT molecular complexity index is 327. The number of hydrogen-bond acceptors (Lipinski definition) is 2. The lowest BCUT2D eigenvalue weighted by atomic mass is 10.1. The van der Waals surface area contributed by atoms with E-state index >= 15 is 0 Å². The summed E-state index contributed by atoms with van der Waals surface area (Å²) in [5.74, 6) is 0. The first-order valence-corrected chi connectivity index (χ1v) is 4.93. The minimum atomic E-state index is 0.389. The monoisotopic (exact) mass is 186 g/mol. The number of nitrogens with zero attached hydrogens (tertiary/aromatic N) is 1. The van der Waals surface area contributed by atoms with Gasteiger partial charge >= 0.3 is 0 Å². The average Bonchev–Trinajstić information content (AvgIpc) is 2.29. The molecular weight excluding hydrogens is 172 g/mol. The van der Waals surface area contributed by atoms with Gasteiger partial charge < -0.3 is 5.32 Å². The molecule has 2 nitrogen and oxygen atoms in total. The van der Waals surface area contributed by atoms with E-state index in [0.717, 1.165) is 12.8 Å². The fraction of sp³-hybridized carbons (Fsp3) is 0.250. The van der Waals surface area contributed by atoms with Crippen molar-refractivity contribution in [3.63, 3.8) is 0 Å². The molecule has 0 fully saturated rings. The predicted octanol–water partition coefficient (Wildman–Crippen LogP) is 2.13. The molecular formula is C12H14N2. The molecule has 0 radical (unpaired) electrons. The maximum Gasteiger partial charge on any atom is 0.0614 e. The lowest BCUT2D eigenvalue weighted by Crippen LogP contribution is -2.28. The number of benzene rings is 1. The highest BCUT2D eigenvalue weighted by Gasteiger charge is 2.04. The Morgan fingerprint density at radius 2 is 2.07 bits per heavy atom. The molecule has 1 aromatic rings. The van der Waals surface area contributed by atoms with Gasteiger partial charge in [-0.25, -0.2) is 0 Å². The lowest BCUT2D eigenvalue weighted by Gasteiger charge is -2.14. The minimum absolute atomic E-state index is 0.389. The van der Waals surface area contributed by atoms with Crippen molar-refractivity contribution < 1.29 is 0 Å². The Balaban J connectivity index is 1.83. The molecule has 1 unspecified atom stereocenters. The highest BCUT2D eigenvalue weighted by atomic mass is 14.9. The first-order valence-electron chi connectivity index (χ1n) is 4.93. The molecule has 0 aromatic heterocycles. The third kappa shape index (κ3) is 2.46. The molecule has 1 N–H and O–H groups in total. The van der Waals surface area contributed by atoms with Crippen molar-refractivity contribution in [3.05, 3.63) is 48.3 Å². The quantitative estimate of drug-likeness (QED) is 0.768. The van der Waals surface area contributed by atoms with Gasteiger partial charge in [-0.3, -0.25) is 4.99 Å². The zero-order valence-electron chi connectivity index (χ0n) is 8.06. The summed E-state index contributed by atoms with van der Waals surface area (Å²) in [5.41, 5.74) is 1.39. The van der Waals surface area contributed by atoms with Gasteiger partial charge in [-0.15, -0.1) is 0 Å². The first kappa shape index (κ1) is 9.00. The summed E-state index contributed by atoms with van der Waals surface area (Å²) in [6.07, 6.45) is 7.83. The Hall–Kier alpha value is -1.57. The molecule has 1 atom stereocenters. The van der Waals surface area contributed by atoms with Gasteiger partial charge in [0, 0.05) is 18.6 Å². The van der Waals surface area contributed by atoms with E-state index in [9.17, 15) is 0 Å². The van der Waals surface area contributed by atoms with Crippen LogP contribution in [0.25, 0.3) is 0 Å². The Morgan fingerprint density at radius 3 is 2.79 bits per heavy atom. The van der Waals surface area contributed by atoms with Crippen LogP contribution in [0.5, 0.6) is 0 Å². The normalized spacial score (nSPS) is 19.3. The largest absolute Gasteiger partial charge is 0.382 e. The number of aliphatic imine (C=N–C) groups is 1. The lowest BCUT2D eigenvalue weighted by molar-refractivity contribution is 0.669. The van der Waals surface area contributed by atoms with Crippen molar-refractivity contribution in [3.8, 4) is 0 Å². The van der Waals surface area contributed by atoms with Crippen molar-refractivity contribution in [1.29, 1.82) is 0 Å². The van der Waals surface area contributed by atoms with Crippen LogP contribution >= 0.6 is 0 Å². The summed E-state index contributed by atoms with van der Waals surface area (Å²) in [6.45, 7) is 0. The highest BCUT2D eigenvalue weighted by Crippen LogP contribution is 2.05. The third-order valence-corrected chi connectivity index (χ3v) is 2.32. The molecule has 1 aliphatic heterocycles. The summed E-state index contributed by atoms with van der Waals surface area (Å²) < 4.78 is 0. The molecule has 0 bridgehead atoms. The summed E-state index contributed by atoms with van der Waals surface area (Å²) in [4.78, 5) is 4.10. The van der Waals surface area contributed by atoms with E-state index in [1.54, 1.807) is 6.20 Å². The van der Waals surface area contributed by atoms with Gasteiger partial charge in [-0.05, 0) is 18.4 Å². The van der Waals surface area contributed by atoms with Gasteiger partial charge in [0.2, 0.25) is 0 Å². The van der Waals surface area contributed by atoms with Crippen molar-refractivity contribution in [2.24, 2.45) is 4.99 Å². The number of rotatable bonds is 3. The molecule has 2 rings (SSSR count). The van der Waals surface area contributed by atoms with Crippen LogP contribution in [0, 0.1) is 0 Å². The van der Waals surface area contributed by atoms with Crippen molar-refractivity contribution in [2.75, 3.05) is 0 Å². The summed E-state index contributed by atoms with van der Waals surface area (Å²) in [6, 6.07) is 10.9. The van der Waals surface area contributed by atoms with Gasteiger partial charge in [0.1, 0.15) is 0 Å². The molecule has 1 aromatic carbocycles. The van der Waals surface area contributed by atoms with Crippen LogP contribution in [0.15, 0.2) is 47.7 Å². The fourth-order valence-corrected chi connectivity index (χ4v) is 1.53. The Morgan fingerprint density at radius 1 is 1.21 bits per heavy atom.